The van der Waals surface area contributed by atoms with Crippen molar-refractivity contribution in [1.29, 1.82) is 0 Å². The van der Waals surface area contributed by atoms with Crippen LogP contribution in [0.2, 0.25) is 0 Å². The number of phenols is 1. The molecule has 0 aromatic heterocycles. The van der Waals surface area contributed by atoms with Gasteiger partial charge in [0.25, 0.3) is 0 Å². The van der Waals surface area contributed by atoms with Gasteiger partial charge in [-0.1, -0.05) is 57.7 Å². The van der Waals surface area contributed by atoms with E-state index in [9.17, 15) is 13.5 Å². The molecule has 6 heteroatoms. The Bertz CT molecular complexity index is 950. The molecule has 0 saturated heterocycles. The van der Waals surface area contributed by atoms with Gasteiger partial charge in [0.1, 0.15) is 5.75 Å². The van der Waals surface area contributed by atoms with Crippen LogP contribution in [-0.2, 0) is 9.84 Å². The van der Waals surface area contributed by atoms with Crippen LogP contribution < -0.4 is 4.90 Å². The molecule has 1 N–H and O–H groups in total. The largest absolute Gasteiger partial charge is 0.507 e. The fourth-order valence-corrected chi connectivity index (χ4v) is 7.10. The maximum Gasteiger partial charge on any atom is 0.181 e. The van der Waals surface area contributed by atoms with Crippen LogP contribution in [0.4, 0.5) is 11.4 Å². The topological polar surface area (TPSA) is 57.6 Å². The zero-order chi connectivity index (χ0) is 21.8. The Balaban J connectivity index is 2.23. The third-order valence-electron chi connectivity index (χ3n) is 6.07. The van der Waals surface area contributed by atoms with Gasteiger partial charge in [-0.3, -0.25) is 0 Å². The fourth-order valence-electron chi connectivity index (χ4n) is 4.48. The molecular weight excluding hydrogens is 414 g/mol. The van der Waals surface area contributed by atoms with Gasteiger partial charge >= 0.3 is 0 Å². The van der Waals surface area contributed by atoms with Gasteiger partial charge in [-0.25, -0.2) is 8.42 Å². The predicted molar refractivity (Wildman–Crippen MR) is 127 cm³/mol. The summed E-state index contributed by atoms with van der Waals surface area (Å²) in [6, 6.07) is 13.3. The number of fused-ring (bicyclic) bond motifs is 1. The van der Waals surface area contributed by atoms with Crippen LogP contribution in [0, 0.1) is 5.41 Å². The van der Waals surface area contributed by atoms with Crippen LogP contribution in [0.25, 0.3) is 0 Å². The quantitative estimate of drug-likeness (QED) is 0.474. The highest BCUT2D eigenvalue weighted by molar-refractivity contribution is 7.98. The average molecular weight is 448 g/mol. The number of thioether (sulfide) groups is 1. The molecule has 1 aliphatic heterocycles. The van der Waals surface area contributed by atoms with E-state index in [1.807, 2.05) is 42.7 Å². The highest BCUT2D eigenvalue weighted by Crippen LogP contribution is 2.47. The molecule has 0 radical (unpaired) electrons. The molecular formula is C24H33NO3S2. The van der Waals surface area contributed by atoms with Crippen molar-refractivity contribution in [3.63, 3.8) is 0 Å². The van der Waals surface area contributed by atoms with E-state index >= 15 is 0 Å². The molecule has 1 aliphatic rings. The average Bonchev–Trinajstić information content (AvgIpc) is 2.83. The molecule has 0 atom stereocenters. The standard InChI is InChI=1S/C24H33NO3S2/c1-4-6-13-24(14-7-5-2)17-25(19-11-9-8-10-12-19)20-15-22(29-3)21(26)16-23(20)30(27,28)18-24/h8-12,15-16,26H,4-7,13-14,17-18H2,1-3H3. The molecule has 0 fully saturated rings. The summed E-state index contributed by atoms with van der Waals surface area (Å²) in [5.74, 6) is 0.168. The predicted octanol–water partition coefficient (Wildman–Crippen LogP) is 6.41. The van der Waals surface area contributed by atoms with E-state index in [0.717, 1.165) is 44.2 Å². The van der Waals surface area contributed by atoms with Gasteiger partial charge in [-0.2, -0.15) is 0 Å². The van der Waals surface area contributed by atoms with Crippen LogP contribution >= 0.6 is 11.8 Å². The van der Waals surface area contributed by atoms with Crippen molar-refractivity contribution in [3.05, 3.63) is 42.5 Å². The van der Waals surface area contributed by atoms with E-state index in [1.54, 1.807) is 0 Å². The minimum Gasteiger partial charge on any atom is -0.507 e. The highest BCUT2D eigenvalue weighted by Gasteiger charge is 2.42. The second kappa shape index (κ2) is 9.65. The zero-order valence-corrected chi connectivity index (χ0v) is 19.9. The van der Waals surface area contributed by atoms with Crippen LogP contribution in [-0.4, -0.2) is 32.1 Å². The van der Waals surface area contributed by atoms with Crippen molar-refractivity contribution < 1.29 is 13.5 Å². The lowest BCUT2D eigenvalue weighted by molar-refractivity contribution is 0.270. The summed E-state index contributed by atoms with van der Waals surface area (Å²) < 4.78 is 27.2. The Morgan fingerprint density at radius 1 is 1.07 bits per heavy atom. The van der Waals surface area contributed by atoms with Crippen molar-refractivity contribution >= 4 is 33.0 Å². The van der Waals surface area contributed by atoms with E-state index in [4.69, 9.17) is 0 Å². The molecule has 30 heavy (non-hydrogen) atoms. The number of nitrogens with zero attached hydrogens (tertiary/aromatic N) is 1. The van der Waals surface area contributed by atoms with Gasteiger partial charge in [0, 0.05) is 23.7 Å². The lowest BCUT2D eigenvalue weighted by Crippen LogP contribution is -2.38. The Kier molecular flexibility index (Phi) is 7.40. The molecule has 0 bridgehead atoms. The number of unbranched alkanes of at least 4 members (excludes halogenated alkanes) is 2. The van der Waals surface area contributed by atoms with Crippen molar-refractivity contribution in [2.24, 2.45) is 5.41 Å². The minimum absolute atomic E-state index is 0.0347. The summed E-state index contributed by atoms with van der Waals surface area (Å²) in [6.07, 6.45) is 7.79. The number of para-hydroxylation sites is 1. The number of hydrogen-bond acceptors (Lipinski definition) is 5. The molecule has 0 saturated carbocycles. The Hall–Kier alpha value is -1.66. The first-order valence-corrected chi connectivity index (χ1v) is 13.7. The Labute approximate surface area is 185 Å². The van der Waals surface area contributed by atoms with E-state index in [0.29, 0.717) is 17.1 Å². The molecule has 1 heterocycles. The highest BCUT2D eigenvalue weighted by atomic mass is 32.2. The second-order valence-corrected chi connectivity index (χ2v) is 11.2. The van der Waals surface area contributed by atoms with Gasteiger partial charge in [0.2, 0.25) is 0 Å². The first-order chi connectivity index (χ1) is 14.4. The normalized spacial score (nSPS) is 17.4. The Morgan fingerprint density at radius 3 is 2.27 bits per heavy atom. The number of phenolic OH excluding ortho intramolecular Hbond substituents is 1. The van der Waals surface area contributed by atoms with Gasteiger partial charge in [0.05, 0.1) is 21.2 Å². The first-order valence-electron chi connectivity index (χ1n) is 10.8. The summed E-state index contributed by atoms with van der Waals surface area (Å²) >= 11 is 1.43. The van der Waals surface area contributed by atoms with Crippen LogP contribution in [0.3, 0.4) is 0 Å². The number of hydrogen-bond donors (Lipinski definition) is 1. The second-order valence-electron chi connectivity index (χ2n) is 8.38. The zero-order valence-electron chi connectivity index (χ0n) is 18.2. The van der Waals surface area contributed by atoms with E-state index in [-0.39, 0.29) is 21.8 Å². The summed E-state index contributed by atoms with van der Waals surface area (Å²) in [5.41, 5.74) is 1.36. The van der Waals surface area contributed by atoms with E-state index in [2.05, 4.69) is 18.7 Å². The lowest BCUT2D eigenvalue weighted by atomic mass is 9.79. The number of benzene rings is 2. The lowest BCUT2D eigenvalue weighted by Gasteiger charge is -2.37. The molecule has 0 unspecified atom stereocenters. The van der Waals surface area contributed by atoms with Crippen LogP contribution in [0.5, 0.6) is 5.75 Å². The molecule has 0 spiro atoms. The van der Waals surface area contributed by atoms with Crippen molar-refractivity contribution in [2.45, 2.75) is 62.2 Å². The third kappa shape index (κ3) is 4.80. The summed E-state index contributed by atoms with van der Waals surface area (Å²) in [6.45, 7) is 4.98. The SMILES string of the molecule is CCCCC1(CCCC)CN(c2ccccc2)c2cc(SC)c(O)cc2S(=O)(=O)C1. The third-order valence-corrected chi connectivity index (χ3v) is 8.82. The maximum absolute atomic E-state index is 13.6. The smallest absolute Gasteiger partial charge is 0.181 e. The summed E-state index contributed by atoms with van der Waals surface area (Å²) in [5, 5.41) is 10.5. The first kappa shape index (κ1) is 23.0. The molecule has 0 amide bonds. The summed E-state index contributed by atoms with van der Waals surface area (Å²) in [4.78, 5) is 3.11. The van der Waals surface area contributed by atoms with E-state index < -0.39 is 9.84 Å². The number of rotatable bonds is 8. The summed E-state index contributed by atoms with van der Waals surface area (Å²) in [7, 11) is -3.55. The van der Waals surface area contributed by atoms with Gasteiger partial charge < -0.3 is 10.0 Å². The van der Waals surface area contributed by atoms with E-state index in [1.165, 1.54) is 17.8 Å². The molecule has 2 aromatic rings. The monoisotopic (exact) mass is 447 g/mol. The van der Waals surface area contributed by atoms with Crippen molar-refractivity contribution in [1.82, 2.24) is 0 Å². The molecule has 164 valence electrons. The van der Waals surface area contributed by atoms with Gasteiger partial charge in [-0.15, -0.1) is 11.8 Å². The van der Waals surface area contributed by atoms with Crippen molar-refractivity contribution in [2.75, 3.05) is 23.5 Å². The van der Waals surface area contributed by atoms with Crippen LogP contribution in [0.15, 0.2) is 52.3 Å². The van der Waals surface area contributed by atoms with Gasteiger partial charge in [-0.05, 0) is 37.3 Å². The molecule has 2 aromatic carbocycles. The van der Waals surface area contributed by atoms with Crippen molar-refractivity contribution in [3.8, 4) is 5.75 Å². The molecule has 3 rings (SSSR count). The van der Waals surface area contributed by atoms with Crippen LogP contribution in [0.1, 0.15) is 52.4 Å². The number of aromatic hydroxyl groups is 1. The number of sulfone groups is 1. The molecule has 4 nitrogen and oxygen atoms in total. The number of anilines is 2. The molecule has 0 aliphatic carbocycles. The Morgan fingerprint density at radius 2 is 1.70 bits per heavy atom. The fraction of sp³-hybridized carbons (Fsp3) is 0.500. The minimum atomic E-state index is -3.55. The maximum atomic E-state index is 13.6. The van der Waals surface area contributed by atoms with Gasteiger partial charge in [0.15, 0.2) is 9.84 Å².